The molecule has 1 saturated heterocycles. The summed E-state index contributed by atoms with van der Waals surface area (Å²) in [5.74, 6) is 1.99. The zero-order valence-electron chi connectivity index (χ0n) is 16.9. The third-order valence-corrected chi connectivity index (χ3v) is 7.06. The maximum Gasteiger partial charge on any atom is 0.185 e. The molecule has 4 rings (SSSR count). The first-order chi connectivity index (χ1) is 14.4. The van der Waals surface area contributed by atoms with E-state index in [-0.39, 0.29) is 11.0 Å². The Kier molecular flexibility index (Phi) is 5.97. The van der Waals surface area contributed by atoms with Crippen LogP contribution in [0, 0.1) is 6.92 Å². The summed E-state index contributed by atoms with van der Waals surface area (Å²) in [5, 5.41) is 3.17. The number of hydrogen-bond acceptors (Lipinski definition) is 7. The molecule has 8 heteroatoms. The monoisotopic (exact) mass is 444 g/mol. The SMILES string of the molecule is Cc1csc(N2CCC(Oc3cccc(Oc4ccc(S(C)(=O)=O)cc4)c3)CC2)n1. The summed E-state index contributed by atoms with van der Waals surface area (Å²) in [6.45, 7) is 3.88. The van der Waals surface area contributed by atoms with Crippen LogP contribution in [0.5, 0.6) is 17.2 Å². The molecule has 0 spiro atoms. The van der Waals surface area contributed by atoms with Crippen molar-refractivity contribution in [1.82, 2.24) is 4.98 Å². The Morgan fingerprint density at radius 3 is 2.37 bits per heavy atom. The highest BCUT2D eigenvalue weighted by molar-refractivity contribution is 7.90. The number of aryl methyl sites for hydroxylation is 1. The smallest absolute Gasteiger partial charge is 0.185 e. The molecule has 30 heavy (non-hydrogen) atoms. The number of anilines is 1. The average Bonchev–Trinajstić information content (AvgIpc) is 3.15. The van der Waals surface area contributed by atoms with Crippen molar-refractivity contribution in [2.75, 3.05) is 24.2 Å². The largest absolute Gasteiger partial charge is 0.490 e. The summed E-state index contributed by atoms with van der Waals surface area (Å²) < 4.78 is 35.2. The predicted molar refractivity (Wildman–Crippen MR) is 119 cm³/mol. The maximum absolute atomic E-state index is 11.6. The quantitative estimate of drug-likeness (QED) is 0.549. The van der Waals surface area contributed by atoms with Crippen LogP contribution in [-0.4, -0.2) is 38.9 Å². The van der Waals surface area contributed by atoms with Gasteiger partial charge in [0.2, 0.25) is 0 Å². The number of nitrogens with zero attached hydrogens (tertiary/aromatic N) is 2. The lowest BCUT2D eigenvalue weighted by Crippen LogP contribution is -2.38. The highest BCUT2D eigenvalue weighted by Gasteiger charge is 2.22. The second kappa shape index (κ2) is 8.65. The van der Waals surface area contributed by atoms with Gasteiger partial charge in [0.25, 0.3) is 0 Å². The first-order valence-electron chi connectivity index (χ1n) is 9.78. The Morgan fingerprint density at radius 1 is 1.03 bits per heavy atom. The number of sulfone groups is 1. The number of thiazole rings is 1. The van der Waals surface area contributed by atoms with Crippen LogP contribution in [0.1, 0.15) is 18.5 Å². The zero-order chi connectivity index (χ0) is 21.1. The van der Waals surface area contributed by atoms with Crippen molar-refractivity contribution < 1.29 is 17.9 Å². The van der Waals surface area contributed by atoms with Gasteiger partial charge in [-0.1, -0.05) is 6.07 Å². The minimum atomic E-state index is -3.22. The van der Waals surface area contributed by atoms with Crippen molar-refractivity contribution in [2.24, 2.45) is 0 Å². The summed E-state index contributed by atoms with van der Waals surface area (Å²) >= 11 is 1.69. The van der Waals surface area contributed by atoms with Gasteiger partial charge in [0, 0.05) is 43.6 Å². The number of hydrogen-bond donors (Lipinski definition) is 0. The summed E-state index contributed by atoms with van der Waals surface area (Å²) in [4.78, 5) is 7.15. The molecule has 0 atom stereocenters. The second-order valence-corrected chi connectivity index (χ2v) is 10.2. The standard InChI is InChI=1S/C22H24N2O4S2/c1-16-15-29-22(23-16)24-12-10-18(11-13-24)28-20-5-3-4-19(14-20)27-17-6-8-21(9-7-17)30(2,25)26/h3-9,14-15,18H,10-13H2,1-2H3. The first kappa shape index (κ1) is 20.7. The molecule has 0 unspecified atom stereocenters. The van der Waals surface area contributed by atoms with Crippen LogP contribution in [0.15, 0.2) is 58.8 Å². The van der Waals surface area contributed by atoms with Gasteiger partial charge in [-0.25, -0.2) is 13.4 Å². The molecule has 6 nitrogen and oxygen atoms in total. The van der Waals surface area contributed by atoms with E-state index in [1.54, 1.807) is 35.6 Å². The van der Waals surface area contributed by atoms with Gasteiger partial charge in [0.15, 0.2) is 15.0 Å². The molecule has 0 radical (unpaired) electrons. The topological polar surface area (TPSA) is 68.7 Å². The van der Waals surface area contributed by atoms with Crippen LogP contribution < -0.4 is 14.4 Å². The van der Waals surface area contributed by atoms with Crippen LogP contribution >= 0.6 is 11.3 Å². The molecule has 3 aromatic rings. The molecular formula is C22H24N2O4S2. The van der Waals surface area contributed by atoms with Crippen LogP contribution in [-0.2, 0) is 9.84 Å². The van der Waals surface area contributed by atoms with Gasteiger partial charge in [0.1, 0.15) is 23.4 Å². The predicted octanol–water partition coefficient (Wildman–Crippen LogP) is 4.70. The molecule has 0 aliphatic carbocycles. The second-order valence-electron chi connectivity index (χ2n) is 7.40. The molecule has 0 amide bonds. The van der Waals surface area contributed by atoms with Crippen molar-refractivity contribution >= 4 is 26.3 Å². The van der Waals surface area contributed by atoms with Crippen LogP contribution in [0.25, 0.3) is 0 Å². The molecule has 1 fully saturated rings. The normalized spacial score (nSPS) is 15.2. The Balaban J connectivity index is 1.35. The van der Waals surface area contributed by atoms with Crippen molar-refractivity contribution in [2.45, 2.75) is 30.8 Å². The van der Waals surface area contributed by atoms with E-state index in [0.29, 0.717) is 11.5 Å². The lowest BCUT2D eigenvalue weighted by Gasteiger charge is -2.32. The van der Waals surface area contributed by atoms with E-state index in [1.807, 2.05) is 31.2 Å². The van der Waals surface area contributed by atoms with E-state index in [0.717, 1.165) is 42.5 Å². The number of aromatic nitrogens is 1. The first-order valence-corrected chi connectivity index (χ1v) is 12.6. The van der Waals surface area contributed by atoms with Crippen LogP contribution in [0.3, 0.4) is 0 Å². The molecule has 1 aliphatic heterocycles. The third-order valence-electron chi connectivity index (χ3n) is 4.92. The Labute approximate surface area is 181 Å². The molecule has 2 heterocycles. The fourth-order valence-electron chi connectivity index (χ4n) is 3.35. The van der Waals surface area contributed by atoms with Gasteiger partial charge in [-0.2, -0.15) is 0 Å². The molecule has 0 bridgehead atoms. The Morgan fingerprint density at radius 2 is 1.73 bits per heavy atom. The Hall–Kier alpha value is -2.58. The molecule has 0 N–H and O–H groups in total. The number of benzene rings is 2. The summed E-state index contributed by atoms with van der Waals surface area (Å²) in [5.41, 5.74) is 1.07. The lowest BCUT2D eigenvalue weighted by atomic mass is 10.1. The summed E-state index contributed by atoms with van der Waals surface area (Å²) in [7, 11) is -3.22. The molecule has 1 aliphatic rings. The fourth-order valence-corrected chi connectivity index (χ4v) is 4.83. The summed E-state index contributed by atoms with van der Waals surface area (Å²) in [6.07, 6.45) is 3.23. The van der Waals surface area contributed by atoms with Crippen LogP contribution in [0.2, 0.25) is 0 Å². The van der Waals surface area contributed by atoms with Crippen molar-refractivity contribution in [3.05, 3.63) is 59.6 Å². The minimum Gasteiger partial charge on any atom is -0.490 e. The highest BCUT2D eigenvalue weighted by atomic mass is 32.2. The number of ether oxygens (including phenoxy) is 2. The van der Waals surface area contributed by atoms with Gasteiger partial charge >= 0.3 is 0 Å². The van der Waals surface area contributed by atoms with Crippen molar-refractivity contribution in [3.63, 3.8) is 0 Å². The number of rotatable bonds is 6. The molecule has 2 aromatic carbocycles. The van der Waals surface area contributed by atoms with Crippen molar-refractivity contribution in [1.29, 1.82) is 0 Å². The number of piperidine rings is 1. The van der Waals surface area contributed by atoms with Crippen molar-refractivity contribution in [3.8, 4) is 17.2 Å². The fraction of sp³-hybridized carbons (Fsp3) is 0.318. The molecule has 158 valence electrons. The third kappa shape index (κ3) is 5.12. The van der Waals surface area contributed by atoms with E-state index in [2.05, 4.69) is 15.3 Å². The average molecular weight is 445 g/mol. The van der Waals surface area contributed by atoms with Crippen LogP contribution in [0.4, 0.5) is 5.13 Å². The van der Waals surface area contributed by atoms with Gasteiger partial charge in [0.05, 0.1) is 10.6 Å². The van der Waals surface area contributed by atoms with Gasteiger partial charge in [-0.05, 0) is 43.3 Å². The molecule has 0 saturated carbocycles. The maximum atomic E-state index is 11.6. The van der Waals surface area contributed by atoms with E-state index in [1.165, 1.54) is 6.26 Å². The van der Waals surface area contributed by atoms with E-state index in [9.17, 15) is 8.42 Å². The summed E-state index contributed by atoms with van der Waals surface area (Å²) in [6, 6.07) is 13.9. The highest BCUT2D eigenvalue weighted by Crippen LogP contribution is 2.29. The lowest BCUT2D eigenvalue weighted by molar-refractivity contribution is 0.170. The van der Waals surface area contributed by atoms with E-state index in [4.69, 9.17) is 9.47 Å². The van der Waals surface area contributed by atoms with Gasteiger partial charge in [-0.3, -0.25) is 0 Å². The molecular weight excluding hydrogens is 420 g/mol. The van der Waals surface area contributed by atoms with Gasteiger partial charge in [-0.15, -0.1) is 11.3 Å². The molecule has 1 aromatic heterocycles. The Bertz CT molecular complexity index is 1100. The zero-order valence-corrected chi connectivity index (χ0v) is 18.6. The van der Waals surface area contributed by atoms with E-state index >= 15 is 0 Å². The van der Waals surface area contributed by atoms with E-state index < -0.39 is 9.84 Å². The minimum absolute atomic E-state index is 0.159. The van der Waals surface area contributed by atoms with Gasteiger partial charge < -0.3 is 14.4 Å².